The highest BCUT2D eigenvalue weighted by Gasteiger charge is 2.20. The lowest BCUT2D eigenvalue weighted by atomic mass is 10.1. The summed E-state index contributed by atoms with van der Waals surface area (Å²) in [6, 6.07) is 18.3. The molecule has 5 nitrogen and oxygen atoms in total. The van der Waals surface area contributed by atoms with Gasteiger partial charge in [0, 0.05) is 18.4 Å². The topological polar surface area (TPSA) is 75.1 Å². The van der Waals surface area contributed by atoms with Crippen molar-refractivity contribution in [1.29, 1.82) is 0 Å². The first-order valence-corrected chi connectivity index (χ1v) is 8.68. The Labute approximate surface area is 156 Å². The van der Waals surface area contributed by atoms with Gasteiger partial charge in [-0.05, 0) is 5.56 Å². The van der Waals surface area contributed by atoms with Crippen molar-refractivity contribution in [3.63, 3.8) is 0 Å². The molecule has 138 valence electrons. The fraction of sp³-hybridized carbons (Fsp3) is 0.190. The zero-order valence-electron chi connectivity index (χ0n) is 14.7. The smallest absolute Gasteiger partial charge is 0.326 e. The number of carboxylic acids is 1. The largest absolute Gasteiger partial charge is 0.480 e. The maximum absolute atomic E-state index is 12.7. The van der Waals surface area contributed by atoms with Gasteiger partial charge in [0.1, 0.15) is 11.9 Å². The van der Waals surface area contributed by atoms with Crippen LogP contribution in [0.4, 0.5) is 10.2 Å². The Morgan fingerprint density at radius 3 is 2.37 bits per heavy atom. The third kappa shape index (κ3) is 4.88. The summed E-state index contributed by atoms with van der Waals surface area (Å²) in [5, 5.41) is 12.1. The highest BCUT2D eigenvalue weighted by Crippen LogP contribution is 2.22. The van der Waals surface area contributed by atoms with Crippen LogP contribution in [0.25, 0.3) is 11.3 Å². The second-order valence-electron chi connectivity index (χ2n) is 6.09. The van der Waals surface area contributed by atoms with Crippen LogP contribution in [-0.2, 0) is 11.2 Å². The van der Waals surface area contributed by atoms with E-state index >= 15 is 0 Å². The normalized spacial score (nSPS) is 11.7. The molecule has 2 N–H and O–H groups in total. The number of carboxylic acid groups (broad SMARTS) is 1. The molecule has 3 rings (SSSR count). The second kappa shape index (κ2) is 8.89. The molecule has 2 aromatic carbocycles. The molecule has 0 aliphatic carbocycles. The van der Waals surface area contributed by atoms with Crippen LogP contribution in [0.1, 0.15) is 17.7 Å². The number of aromatic nitrogens is 2. The molecule has 6 heteroatoms. The van der Waals surface area contributed by atoms with E-state index in [1.807, 2.05) is 60.7 Å². The molecule has 0 aliphatic heterocycles. The lowest BCUT2D eigenvalue weighted by Crippen LogP contribution is -2.31. The predicted octanol–water partition coefficient (Wildman–Crippen LogP) is 3.96. The van der Waals surface area contributed by atoms with Gasteiger partial charge in [0.2, 0.25) is 0 Å². The number of anilines is 1. The van der Waals surface area contributed by atoms with Crippen molar-refractivity contribution in [2.24, 2.45) is 0 Å². The van der Waals surface area contributed by atoms with Gasteiger partial charge in [-0.25, -0.2) is 14.8 Å². The number of alkyl halides is 1. The van der Waals surface area contributed by atoms with Crippen LogP contribution < -0.4 is 5.32 Å². The lowest BCUT2D eigenvalue weighted by Gasteiger charge is -2.17. The number of rotatable bonds is 8. The van der Waals surface area contributed by atoms with Crippen LogP contribution in [0.3, 0.4) is 0 Å². The Kier molecular flexibility index (Phi) is 6.10. The minimum Gasteiger partial charge on any atom is -0.480 e. The van der Waals surface area contributed by atoms with Crippen LogP contribution in [0, 0.1) is 0 Å². The number of hydrogen-bond donors (Lipinski definition) is 2. The highest BCUT2D eigenvalue weighted by atomic mass is 19.1. The van der Waals surface area contributed by atoms with Crippen molar-refractivity contribution >= 4 is 11.8 Å². The van der Waals surface area contributed by atoms with Crippen molar-refractivity contribution in [3.05, 3.63) is 78.1 Å². The number of benzene rings is 2. The van der Waals surface area contributed by atoms with Gasteiger partial charge in [0.15, 0.2) is 0 Å². The van der Waals surface area contributed by atoms with Crippen LogP contribution >= 0.6 is 0 Å². The molecule has 0 saturated heterocycles. The van der Waals surface area contributed by atoms with E-state index in [9.17, 15) is 14.3 Å². The quantitative estimate of drug-likeness (QED) is 0.632. The Morgan fingerprint density at radius 1 is 1.07 bits per heavy atom. The van der Waals surface area contributed by atoms with Crippen molar-refractivity contribution in [2.45, 2.75) is 18.9 Å². The van der Waals surface area contributed by atoms with E-state index < -0.39 is 18.7 Å². The summed E-state index contributed by atoms with van der Waals surface area (Å²) < 4.78 is 12.7. The number of nitrogens with one attached hydrogen (secondary N) is 1. The van der Waals surface area contributed by atoms with E-state index in [4.69, 9.17) is 4.98 Å². The number of nitrogens with zero attached hydrogens (tertiary/aromatic N) is 2. The van der Waals surface area contributed by atoms with E-state index in [-0.39, 0.29) is 6.42 Å². The minimum absolute atomic E-state index is 0.137. The Balaban J connectivity index is 1.97. The highest BCUT2D eigenvalue weighted by molar-refractivity contribution is 5.77. The molecule has 0 bridgehead atoms. The summed E-state index contributed by atoms with van der Waals surface area (Å²) in [4.78, 5) is 20.5. The molecule has 0 radical (unpaired) electrons. The summed E-state index contributed by atoms with van der Waals surface area (Å²) in [6.45, 7) is -0.729. The van der Waals surface area contributed by atoms with Gasteiger partial charge < -0.3 is 10.4 Å². The summed E-state index contributed by atoms with van der Waals surface area (Å²) in [5.74, 6) is -0.758. The van der Waals surface area contributed by atoms with Gasteiger partial charge >= 0.3 is 5.97 Å². The van der Waals surface area contributed by atoms with Gasteiger partial charge in [0.25, 0.3) is 0 Å². The van der Waals surface area contributed by atoms with Crippen molar-refractivity contribution in [1.82, 2.24) is 9.97 Å². The fourth-order valence-electron chi connectivity index (χ4n) is 2.74. The van der Waals surface area contributed by atoms with Crippen LogP contribution in [-0.4, -0.2) is 33.8 Å². The summed E-state index contributed by atoms with van der Waals surface area (Å²) in [7, 11) is 0. The minimum atomic E-state index is -1.12. The van der Waals surface area contributed by atoms with Crippen LogP contribution in [0.2, 0.25) is 0 Å². The molecular formula is C21H20FN3O2. The number of halogens is 1. The Morgan fingerprint density at radius 2 is 1.74 bits per heavy atom. The fourth-order valence-corrected chi connectivity index (χ4v) is 2.74. The monoisotopic (exact) mass is 365 g/mol. The lowest BCUT2D eigenvalue weighted by molar-refractivity contribution is -0.138. The van der Waals surface area contributed by atoms with Crippen LogP contribution in [0.5, 0.6) is 0 Å². The molecule has 1 aromatic heterocycles. The molecule has 0 spiro atoms. The number of aliphatic carboxylic acids is 1. The number of hydrogen-bond acceptors (Lipinski definition) is 4. The molecular weight excluding hydrogens is 345 g/mol. The molecule has 0 fully saturated rings. The van der Waals surface area contributed by atoms with E-state index in [1.165, 1.54) is 0 Å². The molecule has 1 unspecified atom stereocenters. The third-order valence-corrected chi connectivity index (χ3v) is 4.14. The third-order valence-electron chi connectivity index (χ3n) is 4.14. The SMILES string of the molecule is O=C(O)C(CCF)Nc1ncc(-c2ccccc2)nc1Cc1ccccc1. The van der Waals surface area contributed by atoms with Gasteiger partial charge in [0.05, 0.1) is 24.3 Å². The average Bonchev–Trinajstić information content (AvgIpc) is 2.70. The van der Waals surface area contributed by atoms with E-state index in [0.29, 0.717) is 23.6 Å². The molecule has 0 saturated carbocycles. The molecule has 0 aliphatic rings. The Hall–Kier alpha value is -3.28. The number of carbonyl (C=O) groups is 1. The first-order chi connectivity index (χ1) is 13.2. The zero-order chi connectivity index (χ0) is 19.1. The first-order valence-electron chi connectivity index (χ1n) is 8.68. The molecule has 3 aromatic rings. The standard InChI is InChI=1S/C21H20FN3O2/c22-12-11-17(21(26)27)25-20-18(13-15-7-3-1-4-8-15)24-19(14-23-20)16-9-5-2-6-10-16/h1-10,14,17H,11-13H2,(H,23,25)(H,26,27). The van der Waals surface area contributed by atoms with Gasteiger partial charge in [-0.15, -0.1) is 0 Å². The van der Waals surface area contributed by atoms with Crippen LogP contribution in [0.15, 0.2) is 66.9 Å². The summed E-state index contributed by atoms with van der Waals surface area (Å²) in [5.41, 5.74) is 3.26. The van der Waals surface area contributed by atoms with Gasteiger partial charge in [-0.2, -0.15) is 0 Å². The predicted molar refractivity (Wildman–Crippen MR) is 102 cm³/mol. The van der Waals surface area contributed by atoms with E-state index in [2.05, 4.69) is 10.3 Å². The van der Waals surface area contributed by atoms with Crippen molar-refractivity contribution in [3.8, 4) is 11.3 Å². The van der Waals surface area contributed by atoms with Crippen molar-refractivity contribution < 1.29 is 14.3 Å². The molecule has 1 atom stereocenters. The molecule has 27 heavy (non-hydrogen) atoms. The second-order valence-corrected chi connectivity index (χ2v) is 6.09. The first kappa shape index (κ1) is 18.5. The van der Waals surface area contributed by atoms with E-state index in [0.717, 1.165) is 11.1 Å². The summed E-state index contributed by atoms with van der Waals surface area (Å²) in [6.07, 6.45) is 1.95. The zero-order valence-corrected chi connectivity index (χ0v) is 14.7. The molecule has 1 heterocycles. The molecule has 0 amide bonds. The maximum atomic E-state index is 12.7. The van der Waals surface area contributed by atoms with Gasteiger partial charge in [-0.1, -0.05) is 60.7 Å². The maximum Gasteiger partial charge on any atom is 0.326 e. The van der Waals surface area contributed by atoms with E-state index in [1.54, 1.807) is 6.20 Å². The summed E-state index contributed by atoms with van der Waals surface area (Å²) >= 11 is 0. The van der Waals surface area contributed by atoms with Crippen molar-refractivity contribution in [2.75, 3.05) is 12.0 Å². The average molecular weight is 365 g/mol. The Bertz CT molecular complexity index is 888. The van der Waals surface area contributed by atoms with Gasteiger partial charge in [-0.3, -0.25) is 4.39 Å².